The van der Waals surface area contributed by atoms with E-state index in [-0.39, 0.29) is 6.61 Å². The molecule has 0 radical (unpaired) electrons. The molecule has 84 valence electrons. The number of rotatable bonds is 3. The maximum Gasteiger partial charge on any atom is 0.128 e. The fraction of sp³-hybridized carbons (Fsp3) is 0.182. The Morgan fingerprint density at radius 1 is 1.50 bits per heavy atom. The molecule has 0 aliphatic heterocycles. The lowest BCUT2D eigenvalue weighted by atomic mass is 10.1. The van der Waals surface area contributed by atoms with Gasteiger partial charge in [0.1, 0.15) is 10.8 Å². The summed E-state index contributed by atoms with van der Waals surface area (Å²) >= 11 is 4.85. The van der Waals surface area contributed by atoms with Gasteiger partial charge in [0.2, 0.25) is 0 Å². The molecule has 0 amide bonds. The Bertz CT molecular complexity index is 498. The number of aromatic nitrogens is 1. The van der Waals surface area contributed by atoms with Crippen LogP contribution in [0.25, 0.3) is 11.3 Å². The standard InChI is InChI=1S/C11H10BrNO2S/c1-15-10-3-2-7(12)4-8(10)9-6-16-11(5-14)13-9/h2-4,6,14H,5H2,1H3. The second-order valence-electron chi connectivity index (χ2n) is 3.13. The zero-order valence-electron chi connectivity index (χ0n) is 8.61. The first kappa shape index (κ1) is 11.6. The van der Waals surface area contributed by atoms with E-state index >= 15 is 0 Å². The molecule has 0 fully saturated rings. The average molecular weight is 300 g/mol. The predicted octanol–water partition coefficient (Wildman–Crippen LogP) is 3.07. The number of aliphatic hydroxyl groups is 1. The lowest BCUT2D eigenvalue weighted by Crippen LogP contribution is -1.89. The summed E-state index contributed by atoms with van der Waals surface area (Å²) in [5, 5.41) is 11.6. The number of benzene rings is 1. The van der Waals surface area contributed by atoms with E-state index in [2.05, 4.69) is 20.9 Å². The smallest absolute Gasteiger partial charge is 0.128 e. The Kier molecular flexibility index (Phi) is 3.58. The first-order valence-electron chi connectivity index (χ1n) is 4.63. The number of hydrogen-bond acceptors (Lipinski definition) is 4. The fourth-order valence-electron chi connectivity index (χ4n) is 1.39. The van der Waals surface area contributed by atoms with E-state index < -0.39 is 0 Å². The van der Waals surface area contributed by atoms with Crippen LogP contribution in [0.2, 0.25) is 0 Å². The summed E-state index contributed by atoms with van der Waals surface area (Å²) < 4.78 is 6.25. The third-order valence-corrected chi connectivity index (χ3v) is 3.45. The van der Waals surface area contributed by atoms with E-state index in [1.807, 2.05) is 23.6 Å². The van der Waals surface area contributed by atoms with Gasteiger partial charge in [-0.25, -0.2) is 4.98 Å². The molecule has 16 heavy (non-hydrogen) atoms. The highest BCUT2D eigenvalue weighted by Crippen LogP contribution is 2.33. The molecule has 0 aliphatic rings. The molecule has 1 heterocycles. The van der Waals surface area contributed by atoms with Gasteiger partial charge in [0, 0.05) is 15.4 Å². The van der Waals surface area contributed by atoms with Crippen molar-refractivity contribution in [3.8, 4) is 17.0 Å². The van der Waals surface area contributed by atoms with Crippen LogP contribution in [-0.2, 0) is 6.61 Å². The minimum absolute atomic E-state index is 0.0268. The van der Waals surface area contributed by atoms with Crippen molar-refractivity contribution in [2.75, 3.05) is 7.11 Å². The second-order valence-corrected chi connectivity index (χ2v) is 4.99. The van der Waals surface area contributed by atoms with Crippen LogP contribution in [0.15, 0.2) is 28.1 Å². The summed E-state index contributed by atoms with van der Waals surface area (Å²) in [4.78, 5) is 4.32. The van der Waals surface area contributed by atoms with E-state index in [9.17, 15) is 0 Å². The molecule has 0 saturated carbocycles. The van der Waals surface area contributed by atoms with Crippen LogP contribution in [0, 0.1) is 0 Å². The van der Waals surface area contributed by atoms with Gasteiger partial charge in [0.25, 0.3) is 0 Å². The SMILES string of the molecule is COc1ccc(Br)cc1-c1csc(CO)n1. The normalized spacial score (nSPS) is 10.4. The second kappa shape index (κ2) is 4.95. The summed E-state index contributed by atoms with van der Waals surface area (Å²) in [6, 6.07) is 5.76. The van der Waals surface area contributed by atoms with E-state index in [0.29, 0.717) is 5.01 Å². The molecule has 2 aromatic rings. The summed E-state index contributed by atoms with van der Waals surface area (Å²) in [5.74, 6) is 0.776. The molecule has 0 unspecified atom stereocenters. The molecule has 1 N–H and O–H groups in total. The van der Waals surface area contributed by atoms with Crippen LogP contribution in [0.5, 0.6) is 5.75 Å². The van der Waals surface area contributed by atoms with E-state index in [1.165, 1.54) is 11.3 Å². The van der Waals surface area contributed by atoms with E-state index in [4.69, 9.17) is 9.84 Å². The predicted molar refractivity (Wildman–Crippen MR) is 67.7 cm³/mol. The molecule has 5 heteroatoms. The van der Waals surface area contributed by atoms with Crippen molar-refractivity contribution in [3.63, 3.8) is 0 Å². The molecule has 2 rings (SSSR count). The zero-order chi connectivity index (χ0) is 11.5. The number of thiazole rings is 1. The van der Waals surface area contributed by atoms with Crippen molar-refractivity contribution in [1.29, 1.82) is 0 Å². The quantitative estimate of drug-likeness (QED) is 0.947. The van der Waals surface area contributed by atoms with Crippen molar-refractivity contribution < 1.29 is 9.84 Å². The third kappa shape index (κ3) is 2.26. The van der Waals surface area contributed by atoms with E-state index in [0.717, 1.165) is 21.5 Å². The molecular formula is C11H10BrNO2S. The Morgan fingerprint density at radius 2 is 2.31 bits per heavy atom. The van der Waals surface area contributed by atoms with Crippen molar-refractivity contribution in [1.82, 2.24) is 4.98 Å². The molecule has 0 aliphatic carbocycles. The lowest BCUT2D eigenvalue weighted by molar-refractivity contribution is 0.281. The highest BCUT2D eigenvalue weighted by atomic mass is 79.9. The van der Waals surface area contributed by atoms with Gasteiger partial charge in [-0.05, 0) is 18.2 Å². The van der Waals surface area contributed by atoms with Crippen LogP contribution >= 0.6 is 27.3 Å². The first-order valence-corrected chi connectivity index (χ1v) is 6.31. The van der Waals surface area contributed by atoms with Gasteiger partial charge in [0.05, 0.1) is 19.4 Å². The van der Waals surface area contributed by atoms with Crippen LogP contribution in [-0.4, -0.2) is 17.2 Å². The van der Waals surface area contributed by atoms with Crippen LogP contribution < -0.4 is 4.74 Å². The van der Waals surface area contributed by atoms with Gasteiger partial charge in [0.15, 0.2) is 0 Å². The minimum Gasteiger partial charge on any atom is -0.496 e. The lowest BCUT2D eigenvalue weighted by Gasteiger charge is -2.06. The highest BCUT2D eigenvalue weighted by molar-refractivity contribution is 9.10. The van der Waals surface area contributed by atoms with E-state index in [1.54, 1.807) is 7.11 Å². The molecule has 1 aromatic heterocycles. The largest absolute Gasteiger partial charge is 0.496 e. The topological polar surface area (TPSA) is 42.4 Å². The number of halogens is 1. The molecular weight excluding hydrogens is 290 g/mol. The average Bonchev–Trinajstić information content (AvgIpc) is 2.77. The summed E-state index contributed by atoms with van der Waals surface area (Å²) in [6.07, 6.45) is 0. The number of aliphatic hydroxyl groups excluding tert-OH is 1. The number of hydrogen-bond donors (Lipinski definition) is 1. The molecule has 0 spiro atoms. The van der Waals surface area contributed by atoms with Crippen LogP contribution in [0.1, 0.15) is 5.01 Å². The maximum absolute atomic E-state index is 8.99. The van der Waals surface area contributed by atoms with Crippen LogP contribution in [0.4, 0.5) is 0 Å². The van der Waals surface area contributed by atoms with Crippen molar-refractivity contribution in [2.45, 2.75) is 6.61 Å². The Balaban J connectivity index is 2.49. The van der Waals surface area contributed by atoms with Gasteiger partial charge in [-0.1, -0.05) is 15.9 Å². The first-order chi connectivity index (χ1) is 7.74. The number of nitrogens with zero attached hydrogens (tertiary/aromatic N) is 1. The summed E-state index contributed by atoms with van der Waals surface area (Å²) in [6.45, 7) is -0.0268. The van der Waals surface area contributed by atoms with Gasteiger partial charge in [-0.15, -0.1) is 11.3 Å². The maximum atomic E-state index is 8.99. The van der Waals surface area contributed by atoms with Gasteiger partial charge < -0.3 is 9.84 Å². The summed E-state index contributed by atoms with van der Waals surface area (Å²) in [5.41, 5.74) is 1.75. The third-order valence-electron chi connectivity index (χ3n) is 2.12. The van der Waals surface area contributed by atoms with Crippen molar-refractivity contribution >= 4 is 27.3 Å². The number of methoxy groups -OCH3 is 1. The fourth-order valence-corrected chi connectivity index (χ4v) is 2.40. The van der Waals surface area contributed by atoms with Gasteiger partial charge in [-0.3, -0.25) is 0 Å². The highest BCUT2D eigenvalue weighted by Gasteiger charge is 2.10. The van der Waals surface area contributed by atoms with Gasteiger partial charge >= 0.3 is 0 Å². The summed E-state index contributed by atoms with van der Waals surface area (Å²) in [7, 11) is 1.63. The monoisotopic (exact) mass is 299 g/mol. The molecule has 1 aromatic carbocycles. The van der Waals surface area contributed by atoms with Crippen molar-refractivity contribution in [2.24, 2.45) is 0 Å². The molecule has 3 nitrogen and oxygen atoms in total. The molecule has 0 bridgehead atoms. The minimum atomic E-state index is -0.0268. The number of ether oxygens (including phenoxy) is 1. The molecule has 0 saturated heterocycles. The Morgan fingerprint density at radius 3 is 2.94 bits per heavy atom. The Labute approximate surface area is 106 Å². The zero-order valence-corrected chi connectivity index (χ0v) is 11.0. The Hall–Kier alpha value is -0.910. The van der Waals surface area contributed by atoms with Gasteiger partial charge in [-0.2, -0.15) is 0 Å². The molecule has 0 atom stereocenters. The van der Waals surface area contributed by atoms with Crippen LogP contribution in [0.3, 0.4) is 0 Å². The van der Waals surface area contributed by atoms with Crippen molar-refractivity contribution in [3.05, 3.63) is 33.1 Å².